The van der Waals surface area contributed by atoms with Gasteiger partial charge in [0.15, 0.2) is 0 Å². The highest BCUT2D eigenvalue weighted by molar-refractivity contribution is 5.48. The maximum Gasteiger partial charge on any atom is 0.119 e. The molecule has 0 spiro atoms. The summed E-state index contributed by atoms with van der Waals surface area (Å²) in [4.78, 5) is 2.27. The van der Waals surface area contributed by atoms with E-state index in [1.54, 1.807) is 7.11 Å². The van der Waals surface area contributed by atoms with Gasteiger partial charge >= 0.3 is 0 Å². The van der Waals surface area contributed by atoms with Gasteiger partial charge in [-0.1, -0.05) is 6.92 Å². The van der Waals surface area contributed by atoms with Crippen LogP contribution in [-0.2, 0) is 0 Å². The fourth-order valence-electron chi connectivity index (χ4n) is 1.71. The SMILES string of the molecule is CCCNCCCN(C)c1ccc(OC)cc1. The second kappa shape index (κ2) is 7.96. The molecular formula is C14H24N2O. The fourth-order valence-corrected chi connectivity index (χ4v) is 1.71. The molecular weight excluding hydrogens is 212 g/mol. The average Bonchev–Trinajstić information content (AvgIpc) is 2.38. The Morgan fingerprint density at radius 1 is 1.18 bits per heavy atom. The van der Waals surface area contributed by atoms with Gasteiger partial charge in [0.1, 0.15) is 5.75 Å². The first-order valence-electron chi connectivity index (χ1n) is 6.34. The van der Waals surface area contributed by atoms with E-state index >= 15 is 0 Å². The van der Waals surface area contributed by atoms with Gasteiger partial charge in [-0.25, -0.2) is 0 Å². The van der Waals surface area contributed by atoms with Crippen molar-refractivity contribution in [3.63, 3.8) is 0 Å². The third-order valence-corrected chi connectivity index (χ3v) is 2.79. The molecule has 0 atom stereocenters. The molecule has 0 aromatic heterocycles. The van der Waals surface area contributed by atoms with Crippen LogP contribution >= 0.6 is 0 Å². The van der Waals surface area contributed by atoms with Crippen LogP contribution in [0.1, 0.15) is 19.8 Å². The minimum absolute atomic E-state index is 0.909. The van der Waals surface area contributed by atoms with Crippen LogP contribution in [0.4, 0.5) is 5.69 Å². The highest BCUT2D eigenvalue weighted by atomic mass is 16.5. The molecule has 1 N–H and O–H groups in total. The Bertz CT molecular complexity index is 298. The Kier molecular flexibility index (Phi) is 6.48. The van der Waals surface area contributed by atoms with Crippen LogP contribution in [0, 0.1) is 0 Å². The molecule has 0 aliphatic heterocycles. The van der Waals surface area contributed by atoms with Crippen LogP contribution in [0.3, 0.4) is 0 Å². The Hall–Kier alpha value is -1.22. The summed E-state index contributed by atoms with van der Waals surface area (Å²) in [6.45, 7) is 5.47. The second-order valence-corrected chi connectivity index (χ2v) is 4.22. The summed E-state index contributed by atoms with van der Waals surface area (Å²) in [5.74, 6) is 0.909. The summed E-state index contributed by atoms with van der Waals surface area (Å²) in [5.41, 5.74) is 1.24. The van der Waals surface area contributed by atoms with Crippen LogP contribution in [0.5, 0.6) is 5.75 Å². The maximum absolute atomic E-state index is 5.15. The molecule has 0 saturated carbocycles. The Morgan fingerprint density at radius 3 is 2.47 bits per heavy atom. The van der Waals surface area contributed by atoms with Gasteiger partial charge < -0.3 is 15.0 Å². The molecule has 1 rings (SSSR count). The molecule has 0 heterocycles. The van der Waals surface area contributed by atoms with E-state index in [0.717, 1.165) is 25.4 Å². The largest absolute Gasteiger partial charge is 0.497 e. The average molecular weight is 236 g/mol. The van der Waals surface area contributed by atoms with Crippen molar-refractivity contribution < 1.29 is 4.74 Å². The van der Waals surface area contributed by atoms with E-state index in [2.05, 4.69) is 36.3 Å². The molecule has 3 heteroatoms. The molecule has 0 amide bonds. The molecule has 0 aliphatic carbocycles. The van der Waals surface area contributed by atoms with Gasteiger partial charge in [-0.3, -0.25) is 0 Å². The number of hydrogen-bond acceptors (Lipinski definition) is 3. The molecule has 0 saturated heterocycles. The highest BCUT2D eigenvalue weighted by Crippen LogP contribution is 2.17. The number of methoxy groups -OCH3 is 1. The van der Waals surface area contributed by atoms with Gasteiger partial charge in [-0.15, -0.1) is 0 Å². The maximum atomic E-state index is 5.15. The van der Waals surface area contributed by atoms with E-state index in [9.17, 15) is 0 Å². The van der Waals surface area contributed by atoms with Gasteiger partial charge in [0.05, 0.1) is 7.11 Å². The van der Waals surface area contributed by atoms with E-state index in [1.165, 1.54) is 18.5 Å². The highest BCUT2D eigenvalue weighted by Gasteiger charge is 2.00. The van der Waals surface area contributed by atoms with Crippen LogP contribution in [0.25, 0.3) is 0 Å². The number of hydrogen-bond donors (Lipinski definition) is 1. The first-order chi connectivity index (χ1) is 8.27. The molecule has 1 aromatic rings. The van der Waals surface area contributed by atoms with Crippen molar-refractivity contribution in [2.24, 2.45) is 0 Å². The van der Waals surface area contributed by atoms with Crippen LogP contribution in [0.2, 0.25) is 0 Å². The number of nitrogens with one attached hydrogen (secondary N) is 1. The van der Waals surface area contributed by atoms with Crippen LogP contribution in [0.15, 0.2) is 24.3 Å². The topological polar surface area (TPSA) is 24.5 Å². The number of ether oxygens (including phenoxy) is 1. The Morgan fingerprint density at radius 2 is 1.88 bits per heavy atom. The lowest BCUT2D eigenvalue weighted by Gasteiger charge is -2.19. The van der Waals surface area contributed by atoms with Gasteiger partial charge in [0.2, 0.25) is 0 Å². The summed E-state index contributed by atoms with van der Waals surface area (Å²) >= 11 is 0. The summed E-state index contributed by atoms with van der Waals surface area (Å²) in [5, 5.41) is 3.41. The van der Waals surface area contributed by atoms with E-state index in [-0.39, 0.29) is 0 Å². The smallest absolute Gasteiger partial charge is 0.119 e. The third-order valence-electron chi connectivity index (χ3n) is 2.79. The summed E-state index contributed by atoms with van der Waals surface area (Å²) in [6, 6.07) is 8.19. The molecule has 0 aliphatic rings. The van der Waals surface area contributed by atoms with Crippen molar-refractivity contribution in [3.8, 4) is 5.75 Å². The third kappa shape index (κ3) is 5.09. The van der Waals surface area contributed by atoms with Crippen LogP contribution in [-0.4, -0.2) is 33.8 Å². The van der Waals surface area contributed by atoms with Crippen molar-refractivity contribution >= 4 is 5.69 Å². The minimum Gasteiger partial charge on any atom is -0.497 e. The van der Waals surface area contributed by atoms with Crippen LogP contribution < -0.4 is 15.0 Å². The Labute approximate surface area is 105 Å². The van der Waals surface area contributed by atoms with E-state index in [4.69, 9.17) is 4.74 Å². The lowest BCUT2D eigenvalue weighted by atomic mass is 10.2. The molecule has 96 valence electrons. The fraction of sp³-hybridized carbons (Fsp3) is 0.571. The van der Waals surface area contributed by atoms with Gasteiger partial charge in [-0.2, -0.15) is 0 Å². The van der Waals surface area contributed by atoms with Gasteiger partial charge in [-0.05, 0) is 50.2 Å². The zero-order valence-corrected chi connectivity index (χ0v) is 11.2. The molecule has 0 bridgehead atoms. The minimum atomic E-state index is 0.909. The van der Waals surface area contributed by atoms with Crippen molar-refractivity contribution in [3.05, 3.63) is 24.3 Å². The first-order valence-corrected chi connectivity index (χ1v) is 6.34. The second-order valence-electron chi connectivity index (χ2n) is 4.22. The quantitative estimate of drug-likeness (QED) is 0.702. The van der Waals surface area contributed by atoms with Crippen molar-refractivity contribution in [2.75, 3.05) is 38.7 Å². The zero-order chi connectivity index (χ0) is 12.5. The molecule has 17 heavy (non-hydrogen) atoms. The van der Waals surface area contributed by atoms with E-state index in [1.807, 2.05) is 12.1 Å². The molecule has 0 unspecified atom stereocenters. The molecule has 3 nitrogen and oxygen atoms in total. The lowest BCUT2D eigenvalue weighted by Crippen LogP contribution is -2.24. The zero-order valence-electron chi connectivity index (χ0n) is 11.2. The Balaban J connectivity index is 2.28. The van der Waals surface area contributed by atoms with Crippen molar-refractivity contribution in [1.82, 2.24) is 5.32 Å². The van der Waals surface area contributed by atoms with Crippen molar-refractivity contribution in [1.29, 1.82) is 0 Å². The number of nitrogens with zero attached hydrogens (tertiary/aromatic N) is 1. The standard InChI is InChI=1S/C14H24N2O/c1-4-10-15-11-5-12-16(2)13-6-8-14(17-3)9-7-13/h6-9,15H,4-5,10-12H2,1-3H3. The van der Waals surface area contributed by atoms with Crippen molar-refractivity contribution in [2.45, 2.75) is 19.8 Å². The molecule has 0 fully saturated rings. The van der Waals surface area contributed by atoms with Gasteiger partial charge in [0.25, 0.3) is 0 Å². The summed E-state index contributed by atoms with van der Waals surface area (Å²) < 4.78 is 5.15. The number of benzene rings is 1. The van der Waals surface area contributed by atoms with Gasteiger partial charge in [0, 0.05) is 19.3 Å². The van der Waals surface area contributed by atoms with E-state index < -0.39 is 0 Å². The first kappa shape index (κ1) is 13.8. The lowest BCUT2D eigenvalue weighted by molar-refractivity contribution is 0.415. The molecule has 1 aromatic carbocycles. The summed E-state index contributed by atoms with van der Waals surface area (Å²) in [6.07, 6.45) is 2.37. The van der Waals surface area contributed by atoms with E-state index in [0.29, 0.717) is 0 Å². The summed E-state index contributed by atoms with van der Waals surface area (Å²) in [7, 11) is 3.82. The predicted molar refractivity (Wildman–Crippen MR) is 74.0 cm³/mol. The number of anilines is 1. The predicted octanol–water partition coefficient (Wildman–Crippen LogP) is 2.52. The number of rotatable bonds is 8. The monoisotopic (exact) mass is 236 g/mol. The molecule has 0 radical (unpaired) electrons. The normalized spacial score (nSPS) is 10.3.